The van der Waals surface area contributed by atoms with E-state index in [0.717, 1.165) is 33.0 Å². The quantitative estimate of drug-likeness (QED) is 0.407. The molecule has 6 nitrogen and oxygen atoms in total. The van der Waals surface area contributed by atoms with E-state index < -0.39 is 11.7 Å². The molecule has 0 spiro atoms. The molecule has 0 bridgehead atoms. The molecule has 6 rings (SSSR count). The zero-order chi connectivity index (χ0) is 23.1. The van der Waals surface area contributed by atoms with Gasteiger partial charge in [-0.05, 0) is 33.5 Å². The van der Waals surface area contributed by atoms with E-state index in [2.05, 4.69) is 22.4 Å². The molecule has 0 saturated heterocycles. The van der Waals surface area contributed by atoms with Crippen LogP contribution in [0.2, 0.25) is 0 Å². The van der Waals surface area contributed by atoms with Gasteiger partial charge in [0.25, 0.3) is 0 Å². The Kier molecular flexibility index (Phi) is 4.63. The normalized spacial score (nSPS) is 13.2. The number of rotatable bonds is 4. The first kappa shape index (κ1) is 19.8. The van der Waals surface area contributed by atoms with Crippen molar-refractivity contribution in [1.82, 2.24) is 15.0 Å². The molecule has 0 saturated carbocycles. The van der Waals surface area contributed by atoms with Gasteiger partial charge in [-0.2, -0.15) is 15.0 Å². The Bertz CT molecular complexity index is 1610. The molecule has 6 heteroatoms. The number of imidazole rings is 1. The molecule has 1 aromatic heterocycles. The maximum absolute atomic E-state index is 12.9. The predicted octanol–water partition coefficient (Wildman–Crippen LogP) is 5.34. The highest BCUT2D eigenvalue weighted by Crippen LogP contribution is 2.27. The van der Waals surface area contributed by atoms with Crippen LogP contribution in [-0.4, -0.2) is 15.7 Å². The Morgan fingerprint density at radius 3 is 2.09 bits per heavy atom. The van der Waals surface area contributed by atoms with Gasteiger partial charge in [-0.3, -0.25) is 0 Å². The van der Waals surface area contributed by atoms with Crippen molar-refractivity contribution in [2.45, 2.75) is 0 Å². The van der Waals surface area contributed by atoms with Crippen LogP contribution < -0.4 is 16.0 Å². The molecule has 1 radical (unpaired) electrons. The monoisotopic (exact) mass is 443 g/mol. The van der Waals surface area contributed by atoms with Crippen LogP contribution in [0.3, 0.4) is 0 Å². The number of aromatic amines is 1. The summed E-state index contributed by atoms with van der Waals surface area (Å²) in [7, 11) is 0. The SMILES string of the molecule is O=C1[N]C=C(c2ccc3ccccc3c2)N1n1cc(-c2ccc(-c3ccccc3)cc2)[nH]c1=O. The zero-order valence-electron chi connectivity index (χ0n) is 18.1. The van der Waals surface area contributed by atoms with Crippen LogP contribution in [0.4, 0.5) is 4.79 Å². The highest BCUT2D eigenvalue weighted by molar-refractivity contribution is 6.03. The lowest BCUT2D eigenvalue weighted by atomic mass is 10.0. The fourth-order valence-corrected chi connectivity index (χ4v) is 4.24. The van der Waals surface area contributed by atoms with Gasteiger partial charge in [0.15, 0.2) is 0 Å². The van der Waals surface area contributed by atoms with Gasteiger partial charge >= 0.3 is 11.7 Å². The molecule has 34 heavy (non-hydrogen) atoms. The van der Waals surface area contributed by atoms with Crippen molar-refractivity contribution in [3.8, 4) is 22.4 Å². The van der Waals surface area contributed by atoms with E-state index in [-0.39, 0.29) is 0 Å². The van der Waals surface area contributed by atoms with Crippen molar-refractivity contribution in [2.24, 2.45) is 0 Å². The second kappa shape index (κ2) is 7.94. The van der Waals surface area contributed by atoms with Crippen molar-refractivity contribution in [3.63, 3.8) is 0 Å². The molecule has 5 aromatic rings. The molecule has 2 amide bonds. The van der Waals surface area contributed by atoms with E-state index in [1.54, 1.807) is 6.20 Å². The second-order valence-electron chi connectivity index (χ2n) is 8.06. The fraction of sp³-hybridized carbons (Fsp3) is 0. The molecule has 163 valence electrons. The molecule has 0 fully saturated rings. The summed E-state index contributed by atoms with van der Waals surface area (Å²) in [4.78, 5) is 28.4. The number of amides is 2. The number of hydrogen-bond donors (Lipinski definition) is 1. The number of carbonyl (C=O) groups excluding carboxylic acids is 1. The van der Waals surface area contributed by atoms with Crippen LogP contribution in [-0.2, 0) is 0 Å². The molecule has 0 atom stereocenters. The fourth-order valence-electron chi connectivity index (χ4n) is 4.24. The lowest BCUT2D eigenvalue weighted by Gasteiger charge is -2.18. The first-order valence-electron chi connectivity index (χ1n) is 10.9. The summed E-state index contributed by atoms with van der Waals surface area (Å²) in [6.45, 7) is 0. The van der Waals surface area contributed by atoms with Gasteiger partial charge in [-0.25, -0.2) is 9.59 Å². The largest absolute Gasteiger partial charge is 0.367 e. The zero-order valence-corrected chi connectivity index (χ0v) is 18.1. The summed E-state index contributed by atoms with van der Waals surface area (Å²) < 4.78 is 1.28. The van der Waals surface area contributed by atoms with Crippen LogP contribution in [0, 0.1) is 0 Å². The maximum Gasteiger partial charge on any atom is 0.367 e. The number of nitrogens with zero attached hydrogens (tertiary/aromatic N) is 3. The minimum atomic E-state index is -0.518. The van der Waals surface area contributed by atoms with E-state index in [1.165, 1.54) is 15.9 Å². The van der Waals surface area contributed by atoms with Crippen LogP contribution in [0.1, 0.15) is 5.56 Å². The standard InChI is InChI=1S/C28H19N4O2/c33-27-29-17-26(24-15-12-20-8-4-5-9-23(20)16-24)32(27)31-18-25(30-28(31)34)22-13-10-21(11-14-22)19-6-2-1-3-7-19/h1-18H,(H,30,34). The smallest absolute Gasteiger partial charge is 0.304 e. The third kappa shape index (κ3) is 3.38. The summed E-state index contributed by atoms with van der Waals surface area (Å²) in [5, 5.41) is 7.39. The molecule has 4 aromatic carbocycles. The van der Waals surface area contributed by atoms with Gasteiger partial charge in [0.1, 0.15) is 0 Å². The average molecular weight is 443 g/mol. The van der Waals surface area contributed by atoms with Crippen molar-refractivity contribution >= 4 is 22.5 Å². The molecule has 1 aliphatic rings. The lowest BCUT2D eigenvalue weighted by Crippen LogP contribution is -2.42. The summed E-state index contributed by atoms with van der Waals surface area (Å²) >= 11 is 0. The third-order valence-corrected chi connectivity index (χ3v) is 5.97. The first-order valence-corrected chi connectivity index (χ1v) is 10.9. The minimum absolute atomic E-state index is 0.417. The summed E-state index contributed by atoms with van der Waals surface area (Å²) in [5.74, 6) is 0. The molecule has 1 N–H and O–H groups in total. The van der Waals surface area contributed by atoms with Crippen molar-refractivity contribution in [2.75, 3.05) is 5.01 Å². The Balaban J connectivity index is 1.35. The van der Waals surface area contributed by atoms with Crippen LogP contribution in [0.25, 0.3) is 38.9 Å². The van der Waals surface area contributed by atoms with Gasteiger partial charge < -0.3 is 4.98 Å². The van der Waals surface area contributed by atoms with E-state index in [0.29, 0.717) is 11.4 Å². The van der Waals surface area contributed by atoms with Gasteiger partial charge in [-0.1, -0.05) is 91.0 Å². The Hall–Kier alpha value is -4.84. The summed E-state index contributed by atoms with van der Waals surface area (Å²) in [6, 6.07) is 31.4. The average Bonchev–Trinajstić information content (AvgIpc) is 3.46. The predicted molar refractivity (Wildman–Crippen MR) is 134 cm³/mol. The van der Waals surface area contributed by atoms with E-state index in [4.69, 9.17) is 0 Å². The highest BCUT2D eigenvalue weighted by Gasteiger charge is 2.30. The van der Waals surface area contributed by atoms with Crippen LogP contribution >= 0.6 is 0 Å². The van der Waals surface area contributed by atoms with Gasteiger partial charge in [0.05, 0.1) is 23.8 Å². The molecule has 1 aliphatic heterocycles. The Labute approximate surface area is 195 Å². The summed E-state index contributed by atoms with van der Waals surface area (Å²) in [6.07, 6.45) is 3.13. The number of fused-ring (bicyclic) bond motifs is 1. The number of nitrogens with one attached hydrogen (secondary N) is 1. The summed E-state index contributed by atoms with van der Waals surface area (Å²) in [5.41, 5.74) is 4.59. The number of benzene rings is 4. The van der Waals surface area contributed by atoms with Crippen molar-refractivity contribution < 1.29 is 4.79 Å². The number of urea groups is 1. The maximum atomic E-state index is 12.9. The first-order chi connectivity index (χ1) is 16.7. The Morgan fingerprint density at radius 1 is 0.647 bits per heavy atom. The molecular formula is C28H19N4O2. The van der Waals surface area contributed by atoms with E-state index in [9.17, 15) is 9.59 Å². The minimum Gasteiger partial charge on any atom is -0.304 e. The number of hydrogen-bond acceptors (Lipinski definition) is 2. The molecular weight excluding hydrogens is 424 g/mol. The second-order valence-corrected chi connectivity index (χ2v) is 8.06. The topological polar surface area (TPSA) is 72.2 Å². The van der Waals surface area contributed by atoms with Crippen LogP contribution in [0.5, 0.6) is 0 Å². The molecule has 2 heterocycles. The van der Waals surface area contributed by atoms with Crippen molar-refractivity contribution in [3.05, 3.63) is 126 Å². The Morgan fingerprint density at radius 2 is 1.29 bits per heavy atom. The van der Waals surface area contributed by atoms with Gasteiger partial charge in [-0.15, -0.1) is 0 Å². The third-order valence-electron chi connectivity index (χ3n) is 5.97. The van der Waals surface area contributed by atoms with E-state index in [1.807, 2.05) is 84.9 Å². The molecule has 0 unspecified atom stereocenters. The molecule has 0 aliphatic carbocycles. The number of carbonyl (C=O) groups is 1. The van der Waals surface area contributed by atoms with Crippen LogP contribution in [0.15, 0.2) is 114 Å². The van der Waals surface area contributed by atoms with E-state index >= 15 is 0 Å². The number of aromatic nitrogens is 2. The number of H-pyrrole nitrogens is 1. The van der Waals surface area contributed by atoms with Gasteiger partial charge in [0, 0.05) is 5.56 Å². The van der Waals surface area contributed by atoms with Crippen molar-refractivity contribution in [1.29, 1.82) is 0 Å². The van der Waals surface area contributed by atoms with Gasteiger partial charge in [0.2, 0.25) is 0 Å². The lowest BCUT2D eigenvalue weighted by molar-refractivity contribution is 0.248. The highest BCUT2D eigenvalue weighted by atomic mass is 16.2.